The second kappa shape index (κ2) is 6.02. The van der Waals surface area contributed by atoms with Crippen LogP contribution in [0.2, 0.25) is 0 Å². The van der Waals surface area contributed by atoms with Crippen molar-refractivity contribution >= 4 is 29.0 Å². The molecule has 0 amide bonds. The van der Waals surface area contributed by atoms with Gasteiger partial charge in [-0.1, -0.05) is 12.0 Å². The van der Waals surface area contributed by atoms with Crippen molar-refractivity contribution in [3.8, 4) is 0 Å². The summed E-state index contributed by atoms with van der Waals surface area (Å²) in [7, 11) is 0. The fourth-order valence-electron chi connectivity index (χ4n) is 1.38. The van der Waals surface area contributed by atoms with Crippen LogP contribution in [0.5, 0.6) is 0 Å². The number of anilines is 1. The Labute approximate surface area is 109 Å². The molecule has 92 valence electrons. The van der Waals surface area contributed by atoms with E-state index in [0.717, 1.165) is 6.42 Å². The molecule has 0 bridgehead atoms. The van der Waals surface area contributed by atoms with E-state index in [2.05, 4.69) is 34.6 Å². The van der Waals surface area contributed by atoms with E-state index in [1.807, 2.05) is 0 Å². The molecule has 0 fully saturated rings. The summed E-state index contributed by atoms with van der Waals surface area (Å²) < 4.78 is 5.37. The van der Waals surface area contributed by atoms with E-state index in [1.54, 1.807) is 11.3 Å². The van der Waals surface area contributed by atoms with E-state index < -0.39 is 0 Å². The first-order valence-corrected chi connectivity index (χ1v) is 6.86. The molecule has 4 nitrogen and oxygen atoms in total. The third-order valence-electron chi connectivity index (χ3n) is 2.25. The summed E-state index contributed by atoms with van der Waals surface area (Å²) in [6.07, 6.45) is 1.68. The summed E-state index contributed by atoms with van der Waals surface area (Å²) >= 11 is 7.39. The Morgan fingerprint density at radius 2 is 2.18 bits per heavy atom. The maximum Gasteiger partial charge on any atom is 0.315 e. The van der Waals surface area contributed by atoms with E-state index in [9.17, 15) is 0 Å². The van der Waals surface area contributed by atoms with Crippen LogP contribution in [-0.4, -0.2) is 16.1 Å². The summed E-state index contributed by atoms with van der Waals surface area (Å²) in [6, 6.07) is 4.72. The minimum Gasteiger partial charge on any atom is -0.408 e. The Hall–Kier alpha value is -1.07. The van der Waals surface area contributed by atoms with Crippen molar-refractivity contribution in [2.24, 2.45) is 0 Å². The van der Waals surface area contributed by atoms with Crippen LogP contribution in [0.4, 0.5) is 6.01 Å². The van der Waals surface area contributed by atoms with Crippen molar-refractivity contribution in [2.45, 2.75) is 26.3 Å². The molecule has 0 aliphatic carbocycles. The second-order valence-corrected chi connectivity index (χ2v) is 5.15. The van der Waals surface area contributed by atoms with Gasteiger partial charge in [-0.05, 0) is 18.6 Å². The lowest BCUT2D eigenvalue weighted by atomic mass is 10.4. The minimum atomic E-state index is 0.455. The fraction of sp³-hybridized carbons (Fsp3) is 0.455. The van der Waals surface area contributed by atoms with Gasteiger partial charge in [-0.15, -0.1) is 28.0 Å². The van der Waals surface area contributed by atoms with Gasteiger partial charge < -0.3 is 9.73 Å². The number of alkyl halides is 1. The molecule has 0 atom stereocenters. The zero-order valence-electron chi connectivity index (χ0n) is 9.57. The number of halogens is 1. The number of aromatic nitrogens is 2. The molecule has 0 aliphatic rings. The fourth-order valence-corrected chi connectivity index (χ4v) is 2.44. The number of thiophene rings is 1. The van der Waals surface area contributed by atoms with Gasteiger partial charge in [0.05, 0.1) is 6.54 Å². The van der Waals surface area contributed by atoms with Crippen LogP contribution in [0.1, 0.15) is 22.6 Å². The van der Waals surface area contributed by atoms with Gasteiger partial charge in [-0.3, -0.25) is 0 Å². The zero-order chi connectivity index (χ0) is 12.1. The summed E-state index contributed by atoms with van der Waals surface area (Å²) in [5.41, 5.74) is 0. The molecule has 0 spiro atoms. The first-order chi connectivity index (χ1) is 8.31. The van der Waals surface area contributed by atoms with Crippen molar-refractivity contribution in [3.05, 3.63) is 27.8 Å². The van der Waals surface area contributed by atoms with Gasteiger partial charge in [-0.2, -0.15) is 0 Å². The topological polar surface area (TPSA) is 51.0 Å². The maximum atomic E-state index is 5.59. The van der Waals surface area contributed by atoms with Crippen LogP contribution in [0.25, 0.3) is 0 Å². The molecule has 0 aliphatic heterocycles. The molecule has 6 heteroatoms. The summed E-state index contributed by atoms with van der Waals surface area (Å²) in [6.45, 7) is 2.87. The Balaban J connectivity index is 1.88. The van der Waals surface area contributed by atoms with Crippen LogP contribution in [0, 0.1) is 0 Å². The molecule has 0 radical (unpaired) electrons. The van der Waals surface area contributed by atoms with E-state index in [1.165, 1.54) is 9.75 Å². The highest BCUT2D eigenvalue weighted by Crippen LogP contribution is 2.18. The van der Waals surface area contributed by atoms with Gasteiger partial charge >= 0.3 is 6.01 Å². The lowest BCUT2D eigenvalue weighted by Crippen LogP contribution is -1.97. The molecule has 2 rings (SSSR count). The quantitative estimate of drug-likeness (QED) is 0.821. The smallest absolute Gasteiger partial charge is 0.315 e. The van der Waals surface area contributed by atoms with Gasteiger partial charge in [0.15, 0.2) is 0 Å². The third-order valence-corrected chi connectivity index (χ3v) is 3.67. The van der Waals surface area contributed by atoms with Crippen LogP contribution in [0.3, 0.4) is 0 Å². The average molecular weight is 272 g/mol. The summed E-state index contributed by atoms with van der Waals surface area (Å²) in [5, 5.41) is 10.9. The Morgan fingerprint density at radius 1 is 1.35 bits per heavy atom. The monoisotopic (exact) mass is 271 g/mol. The highest BCUT2D eigenvalue weighted by Gasteiger charge is 2.05. The second-order valence-electron chi connectivity index (χ2n) is 3.52. The SMILES string of the molecule is CCc1ccc(CNc2nnc(CCCl)o2)s1. The predicted molar refractivity (Wildman–Crippen MR) is 69.7 cm³/mol. The average Bonchev–Trinajstić information content (AvgIpc) is 2.95. The largest absolute Gasteiger partial charge is 0.408 e. The molecular weight excluding hydrogens is 258 g/mol. The van der Waals surface area contributed by atoms with E-state index in [-0.39, 0.29) is 0 Å². The van der Waals surface area contributed by atoms with Gasteiger partial charge in [-0.25, -0.2) is 0 Å². The van der Waals surface area contributed by atoms with Gasteiger partial charge in [0.25, 0.3) is 0 Å². The molecule has 0 aromatic carbocycles. The van der Waals surface area contributed by atoms with E-state index in [0.29, 0.717) is 30.8 Å². The Morgan fingerprint density at radius 3 is 2.88 bits per heavy atom. The molecule has 2 aromatic heterocycles. The number of rotatable bonds is 6. The first-order valence-electron chi connectivity index (χ1n) is 5.51. The van der Waals surface area contributed by atoms with Gasteiger partial charge in [0, 0.05) is 22.1 Å². The number of nitrogens with zero attached hydrogens (tertiary/aromatic N) is 2. The van der Waals surface area contributed by atoms with Crippen LogP contribution >= 0.6 is 22.9 Å². The lowest BCUT2D eigenvalue weighted by molar-refractivity contribution is 0.512. The molecule has 0 saturated heterocycles. The normalized spacial score (nSPS) is 10.7. The van der Waals surface area contributed by atoms with Crippen molar-refractivity contribution in [3.63, 3.8) is 0 Å². The molecule has 2 heterocycles. The van der Waals surface area contributed by atoms with E-state index >= 15 is 0 Å². The number of hydrogen-bond donors (Lipinski definition) is 1. The standard InChI is InChI=1S/C11H14ClN3OS/c1-2-8-3-4-9(17-8)7-13-11-15-14-10(16-11)5-6-12/h3-4H,2,5-7H2,1H3,(H,13,15). The van der Waals surface area contributed by atoms with Gasteiger partial charge in [0.2, 0.25) is 5.89 Å². The predicted octanol–water partition coefficient (Wildman–Crippen LogP) is 3.09. The molecule has 0 saturated carbocycles. The zero-order valence-corrected chi connectivity index (χ0v) is 11.1. The maximum absolute atomic E-state index is 5.59. The Bertz CT molecular complexity index is 469. The number of nitrogens with one attached hydrogen (secondary N) is 1. The first kappa shape index (κ1) is 12.4. The molecule has 2 aromatic rings. The van der Waals surface area contributed by atoms with Crippen LogP contribution in [0.15, 0.2) is 16.5 Å². The number of aryl methyl sites for hydroxylation is 2. The van der Waals surface area contributed by atoms with Crippen molar-refractivity contribution in [1.82, 2.24) is 10.2 Å². The Kier molecular flexibility index (Phi) is 4.39. The third kappa shape index (κ3) is 3.44. The van der Waals surface area contributed by atoms with Crippen LogP contribution in [-0.2, 0) is 19.4 Å². The van der Waals surface area contributed by atoms with E-state index in [4.69, 9.17) is 16.0 Å². The highest BCUT2D eigenvalue weighted by molar-refractivity contribution is 7.12. The molecule has 17 heavy (non-hydrogen) atoms. The van der Waals surface area contributed by atoms with Gasteiger partial charge in [0.1, 0.15) is 0 Å². The summed E-state index contributed by atoms with van der Waals surface area (Å²) in [5.74, 6) is 1.06. The number of hydrogen-bond acceptors (Lipinski definition) is 5. The van der Waals surface area contributed by atoms with Crippen LogP contribution < -0.4 is 5.32 Å². The lowest BCUT2D eigenvalue weighted by Gasteiger charge is -1.97. The van der Waals surface area contributed by atoms with Crippen molar-refractivity contribution < 1.29 is 4.42 Å². The summed E-state index contributed by atoms with van der Waals surface area (Å²) in [4.78, 5) is 2.65. The highest BCUT2D eigenvalue weighted by atomic mass is 35.5. The molecule has 1 N–H and O–H groups in total. The minimum absolute atomic E-state index is 0.455. The molecular formula is C11H14ClN3OS. The van der Waals surface area contributed by atoms with Crippen molar-refractivity contribution in [2.75, 3.05) is 11.2 Å². The van der Waals surface area contributed by atoms with Crippen molar-refractivity contribution in [1.29, 1.82) is 0 Å². The molecule has 0 unspecified atom stereocenters.